The predicted octanol–water partition coefficient (Wildman–Crippen LogP) is 6.14. The molecule has 0 radical (unpaired) electrons. The van der Waals surface area contributed by atoms with E-state index in [-0.39, 0.29) is 29.7 Å². The van der Waals surface area contributed by atoms with Crippen LogP contribution in [-0.2, 0) is 20.7 Å². The fourth-order valence-electron chi connectivity index (χ4n) is 5.68. The standard InChI is InChI=1S/C31H38N2O3/c1-6-33(7-2)24-15-13-23(14-16-24)28-27(30(35)36-18-17-22-11-9-8-10-12-22)21(3)32-25-19-31(4,5)20-26(34)29(25)28/h8-16,28-29H,6-7,17-20H2,1-5H3/t28-,29?/m0/s1. The van der Waals surface area contributed by atoms with Crippen LogP contribution in [0, 0.1) is 11.3 Å². The van der Waals surface area contributed by atoms with Gasteiger partial charge in [-0.25, -0.2) is 4.79 Å². The van der Waals surface area contributed by atoms with Crippen LogP contribution in [0.2, 0.25) is 0 Å². The highest BCUT2D eigenvalue weighted by Gasteiger charge is 2.47. The van der Waals surface area contributed by atoms with Gasteiger partial charge in [0.1, 0.15) is 5.78 Å². The number of rotatable bonds is 8. The number of fused-ring (bicyclic) bond motifs is 1. The van der Waals surface area contributed by atoms with Crippen molar-refractivity contribution in [3.8, 4) is 0 Å². The van der Waals surface area contributed by atoms with Gasteiger partial charge in [-0.1, -0.05) is 56.3 Å². The molecule has 0 spiro atoms. The molecule has 1 aliphatic carbocycles. The molecule has 4 rings (SSSR count). The molecular formula is C31H38N2O3. The lowest BCUT2D eigenvalue weighted by atomic mass is 9.63. The van der Waals surface area contributed by atoms with E-state index in [0.29, 0.717) is 24.1 Å². The lowest BCUT2D eigenvalue weighted by Gasteiger charge is -2.41. The second kappa shape index (κ2) is 10.8. The Balaban J connectivity index is 1.67. The molecule has 36 heavy (non-hydrogen) atoms. The predicted molar refractivity (Wildman–Crippen MR) is 145 cm³/mol. The van der Waals surface area contributed by atoms with Crippen LogP contribution in [0.5, 0.6) is 0 Å². The Kier molecular flexibility index (Phi) is 7.77. The van der Waals surface area contributed by atoms with Crippen LogP contribution in [0.3, 0.4) is 0 Å². The molecule has 2 aromatic carbocycles. The smallest absolute Gasteiger partial charge is 0.336 e. The van der Waals surface area contributed by atoms with Gasteiger partial charge in [-0.3, -0.25) is 9.79 Å². The first kappa shape index (κ1) is 25.9. The molecule has 2 aromatic rings. The highest BCUT2D eigenvalue weighted by molar-refractivity contribution is 6.12. The molecule has 5 heteroatoms. The highest BCUT2D eigenvalue weighted by Crippen LogP contribution is 2.47. The summed E-state index contributed by atoms with van der Waals surface area (Å²) in [6, 6.07) is 18.3. The molecule has 5 nitrogen and oxygen atoms in total. The van der Waals surface area contributed by atoms with Gasteiger partial charge in [0, 0.05) is 48.9 Å². The number of carbonyl (C=O) groups excluding carboxylic acids is 2. The number of nitrogens with zero attached hydrogens (tertiary/aromatic N) is 2. The number of Topliss-reactive ketones (excluding diaryl/α,β-unsaturated/α-hetero) is 1. The van der Waals surface area contributed by atoms with Gasteiger partial charge in [-0.15, -0.1) is 0 Å². The Morgan fingerprint density at radius 1 is 1.00 bits per heavy atom. The minimum Gasteiger partial charge on any atom is -0.462 e. The Bertz CT molecular complexity index is 1160. The minimum absolute atomic E-state index is 0.127. The van der Waals surface area contributed by atoms with E-state index in [2.05, 4.69) is 56.9 Å². The van der Waals surface area contributed by atoms with Crippen molar-refractivity contribution in [3.05, 3.63) is 77.0 Å². The normalized spacial score (nSPS) is 21.0. The van der Waals surface area contributed by atoms with Crippen molar-refractivity contribution in [1.82, 2.24) is 0 Å². The van der Waals surface area contributed by atoms with E-state index in [1.807, 2.05) is 37.3 Å². The van der Waals surface area contributed by atoms with E-state index < -0.39 is 5.92 Å². The number of hydrogen-bond donors (Lipinski definition) is 0. The van der Waals surface area contributed by atoms with Crippen LogP contribution in [0.1, 0.15) is 64.5 Å². The SMILES string of the molecule is CCN(CC)c1ccc([C@H]2C(C(=O)OCCc3ccccc3)=C(C)N=C3CC(C)(C)CC(=O)C32)cc1. The fraction of sp³-hybridized carbons (Fsp3) is 0.452. The Morgan fingerprint density at radius 2 is 1.67 bits per heavy atom. The first-order chi connectivity index (χ1) is 17.2. The fourth-order valence-corrected chi connectivity index (χ4v) is 5.68. The van der Waals surface area contributed by atoms with Gasteiger partial charge in [-0.05, 0) is 55.9 Å². The summed E-state index contributed by atoms with van der Waals surface area (Å²) in [5.41, 5.74) is 5.16. The number of ether oxygens (including phenoxy) is 1. The van der Waals surface area contributed by atoms with Crippen LogP contribution in [0.25, 0.3) is 0 Å². The van der Waals surface area contributed by atoms with Crippen molar-refractivity contribution in [2.75, 3.05) is 24.6 Å². The molecule has 0 N–H and O–H groups in total. The van der Waals surface area contributed by atoms with Gasteiger partial charge in [0.2, 0.25) is 0 Å². The molecular weight excluding hydrogens is 448 g/mol. The minimum atomic E-state index is -0.419. The zero-order valence-corrected chi connectivity index (χ0v) is 22.2. The summed E-state index contributed by atoms with van der Waals surface area (Å²) >= 11 is 0. The molecule has 0 bridgehead atoms. The van der Waals surface area contributed by atoms with E-state index in [0.717, 1.165) is 42.0 Å². The van der Waals surface area contributed by atoms with Gasteiger partial charge in [0.05, 0.1) is 18.1 Å². The molecule has 2 atom stereocenters. The van der Waals surface area contributed by atoms with Gasteiger partial charge >= 0.3 is 5.97 Å². The highest BCUT2D eigenvalue weighted by atomic mass is 16.5. The van der Waals surface area contributed by atoms with Crippen LogP contribution in [-0.4, -0.2) is 37.2 Å². The molecule has 1 heterocycles. The topological polar surface area (TPSA) is 59.0 Å². The Morgan fingerprint density at radius 3 is 2.31 bits per heavy atom. The number of aliphatic imine (C=N–C) groups is 1. The largest absolute Gasteiger partial charge is 0.462 e. The zero-order chi connectivity index (χ0) is 25.9. The van der Waals surface area contributed by atoms with Gasteiger partial charge in [-0.2, -0.15) is 0 Å². The maximum atomic E-state index is 13.5. The number of carbonyl (C=O) groups is 2. The third-order valence-corrected chi connectivity index (χ3v) is 7.43. The summed E-state index contributed by atoms with van der Waals surface area (Å²) in [6.07, 6.45) is 1.89. The molecule has 1 fully saturated rings. The monoisotopic (exact) mass is 486 g/mol. The van der Waals surface area contributed by atoms with E-state index in [1.165, 1.54) is 0 Å². The van der Waals surface area contributed by atoms with Crippen LogP contribution < -0.4 is 4.90 Å². The van der Waals surface area contributed by atoms with Gasteiger partial charge in [0.25, 0.3) is 0 Å². The first-order valence-corrected chi connectivity index (χ1v) is 13.1. The summed E-state index contributed by atoms with van der Waals surface area (Å²) in [6.45, 7) is 12.5. The van der Waals surface area contributed by atoms with Crippen molar-refractivity contribution in [2.45, 2.75) is 59.8 Å². The summed E-state index contributed by atoms with van der Waals surface area (Å²) in [5.74, 6) is -1.01. The second-order valence-corrected chi connectivity index (χ2v) is 10.7. The van der Waals surface area contributed by atoms with Crippen LogP contribution >= 0.6 is 0 Å². The van der Waals surface area contributed by atoms with Crippen LogP contribution in [0.15, 0.2) is 70.9 Å². The molecule has 1 aliphatic heterocycles. The Hall–Kier alpha value is -3.21. The maximum absolute atomic E-state index is 13.5. The third kappa shape index (κ3) is 5.45. The van der Waals surface area contributed by atoms with Crippen molar-refractivity contribution in [1.29, 1.82) is 0 Å². The summed E-state index contributed by atoms with van der Waals surface area (Å²) in [7, 11) is 0. The molecule has 1 unspecified atom stereocenters. The number of hydrogen-bond acceptors (Lipinski definition) is 5. The number of anilines is 1. The van der Waals surface area contributed by atoms with E-state index >= 15 is 0 Å². The lowest BCUT2D eigenvalue weighted by Crippen LogP contribution is -2.44. The first-order valence-electron chi connectivity index (χ1n) is 13.1. The molecule has 190 valence electrons. The Labute approximate surface area is 215 Å². The van der Waals surface area contributed by atoms with Crippen molar-refractivity contribution in [3.63, 3.8) is 0 Å². The maximum Gasteiger partial charge on any atom is 0.336 e. The van der Waals surface area contributed by atoms with Crippen LogP contribution in [0.4, 0.5) is 5.69 Å². The molecule has 0 aromatic heterocycles. The van der Waals surface area contributed by atoms with E-state index in [4.69, 9.17) is 9.73 Å². The summed E-state index contributed by atoms with van der Waals surface area (Å²) < 4.78 is 5.77. The van der Waals surface area contributed by atoms with Crippen molar-refractivity contribution < 1.29 is 14.3 Å². The third-order valence-electron chi connectivity index (χ3n) is 7.43. The average Bonchev–Trinajstić information content (AvgIpc) is 2.84. The number of esters is 1. The number of ketones is 1. The van der Waals surface area contributed by atoms with E-state index in [9.17, 15) is 9.59 Å². The van der Waals surface area contributed by atoms with Crippen molar-refractivity contribution in [2.24, 2.45) is 16.3 Å². The summed E-state index contributed by atoms with van der Waals surface area (Å²) in [4.78, 5) is 34.1. The lowest BCUT2D eigenvalue weighted by molar-refractivity contribution is -0.139. The summed E-state index contributed by atoms with van der Waals surface area (Å²) in [5, 5.41) is 0. The molecule has 2 aliphatic rings. The number of allylic oxidation sites excluding steroid dienone is 1. The molecule has 1 saturated carbocycles. The number of benzene rings is 2. The van der Waals surface area contributed by atoms with E-state index in [1.54, 1.807) is 0 Å². The molecule has 0 amide bonds. The molecule has 0 saturated heterocycles. The van der Waals surface area contributed by atoms with Crippen molar-refractivity contribution >= 4 is 23.2 Å². The zero-order valence-electron chi connectivity index (χ0n) is 22.2. The van der Waals surface area contributed by atoms with Gasteiger partial charge < -0.3 is 9.64 Å². The van der Waals surface area contributed by atoms with Gasteiger partial charge in [0.15, 0.2) is 0 Å². The second-order valence-electron chi connectivity index (χ2n) is 10.7. The quantitative estimate of drug-likeness (QED) is 0.421. The average molecular weight is 487 g/mol.